The third-order valence-corrected chi connectivity index (χ3v) is 9.48. The Kier molecular flexibility index (Phi) is 20.0. The average Bonchev–Trinajstić information content (AvgIpc) is 2.76. The number of hydrogen-bond donors (Lipinski definition) is 0. The summed E-state index contributed by atoms with van der Waals surface area (Å²) in [5.41, 5.74) is 0. The van der Waals surface area contributed by atoms with Crippen LogP contribution in [0.2, 0.25) is 58.9 Å². The van der Waals surface area contributed by atoms with Crippen LogP contribution in [-0.2, 0) is 22.8 Å². The van der Waals surface area contributed by atoms with Gasteiger partial charge in [-0.15, -0.1) is 0 Å². The number of carbonyl (C=O) groups excluding carboxylic acids is 1. The van der Waals surface area contributed by atoms with Gasteiger partial charge in [0.15, 0.2) is 25.0 Å². The standard InChI is InChI=1S/C30H66O5Si3/c1-12-13-14-20-23-27(33-36(3,4)5)26-29(35-38(9,10)11)28(34-37(6,7)8)24-21-18-16-15-17-19-22-25-30(31)32-2/h27-29H,12-26H2,1-11H3. The van der Waals surface area contributed by atoms with Crippen molar-refractivity contribution in [1.82, 2.24) is 0 Å². The number of hydrogen-bond acceptors (Lipinski definition) is 5. The monoisotopic (exact) mass is 590 g/mol. The number of ether oxygens (including phenoxy) is 1. The third kappa shape index (κ3) is 23.9. The van der Waals surface area contributed by atoms with Crippen LogP contribution in [0.5, 0.6) is 0 Å². The third-order valence-electron chi connectivity index (χ3n) is 6.42. The first-order valence-corrected chi connectivity index (χ1v) is 25.9. The fraction of sp³-hybridized carbons (Fsp3) is 0.967. The van der Waals surface area contributed by atoms with Crippen LogP contribution in [0.4, 0.5) is 0 Å². The second kappa shape index (κ2) is 20.0. The smallest absolute Gasteiger partial charge is 0.305 e. The lowest BCUT2D eigenvalue weighted by molar-refractivity contribution is -0.140. The summed E-state index contributed by atoms with van der Waals surface area (Å²) in [6.45, 7) is 23.0. The highest BCUT2D eigenvalue weighted by Crippen LogP contribution is 2.28. The summed E-state index contributed by atoms with van der Waals surface area (Å²) >= 11 is 0. The molecule has 0 saturated heterocycles. The number of esters is 1. The van der Waals surface area contributed by atoms with Crippen molar-refractivity contribution in [3.63, 3.8) is 0 Å². The lowest BCUT2D eigenvalue weighted by atomic mass is 9.98. The highest BCUT2D eigenvalue weighted by Gasteiger charge is 2.34. The number of carbonyl (C=O) groups is 1. The van der Waals surface area contributed by atoms with Crippen LogP contribution in [0, 0.1) is 0 Å². The van der Waals surface area contributed by atoms with Gasteiger partial charge in [-0.05, 0) is 84.6 Å². The van der Waals surface area contributed by atoms with Crippen LogP contribution in [0.1, 0.15) is 103 Å². The molecule has 228 valence electrons. The van der Waals surface area contributed by atoms with Crippen molar-refractivity contribution in [2.24, 2.45) is 0 Å². The highest BCUT2D eigenvalue weighted by molar-refractivity contribution is 6.70. The van der Waals surface area contributed by atoms with Crippen LogP contribution in [0.3, 0.4) is 0 Å². The van der Waals surface area contributed by atoms with Gasteiger partial charge in [0.2, 0.25) is 0 Å². The van der Waals surface area contributed by atoms with Gasteiger partial charge in [-0.2, -0.15) is 0 Å². The van der Waals surface area contributed by atoms with E-state index in [0.717, 1.165) is 32.1 Å². The maximum atomic E-state index is 11.3. The first-order valence-electron chi connectivity index (χ1n) is 15.7. The summed E-state index contributed by atoms with van der Waals surface area (Å²) in [5, 5.41) is 0. The zero-order valence-corrected chi connectivity index (χ0v) is 30.4. The van der Waals surface area contributed by atoms with E-state index in [-0.39, 0.29) is 24.3 Å². The normalized spacial score (nSPS) is 15.3. The molecule has 0 rings (SSSR count). The zero-order chi connectivity index (χ0) is 29.2. The highest BCUT2D eigenvalue weighted by atomic mass is 28.4. The second-order valence-electron chi connectivity index (χ2n) is 14.1. The van der Waals surface area contributed by atoms with Crippen LogP contribution in [0.25, 0.3) is 0 Å². The van der Waals surface area contributed by atoms with E-state index in [2.05, 4.69) is 65.8 Å². The Balaban J connectivity index is 5.19. The van der Waals surface area contributed by atoms with Gasteiger partial charge in [0.05, 0.1) is 19.3 Å². The topological polar surface area (TPSA) is 54.0 Å². The van der Waals surface area contributed by atoms with E-state index in [1.807, 2.05) is 0 Å². The molecule has 0 radical (unpaired) electrons. The Labute approximate surface area is 240 Å². The van der Waals surface area contributed by atoms with Gasteiger partial charge in [0.1, 0.15) is 0 Å². The molecule has 0 aromatic rings. The van der Waals surface area contributed by atoms with Gasteiger partial charge in [0.25, 0.3) is 0 Å². The number of unbranched alkanes of at least 4 members (excludes halogenated alkanes) is 9. The molecule has 8 heteroatoms. The minimum Gasteiger partial charge on any atom is -0.469 e. The molecule has 0 heterocycles. The zero-order valence-electron chi connectivity index (χ0n) is 27.4. The molecular weight excluding hydrogens is 525 g/mol. The Bertz CT molecular complexity index is 596. The van der Waals surface area contributed by atoms with Crippen molar-refractivity contribution in [2.75, 3.05) is 7.11 Å². The van der Waals surface area contributed by atoms with Crippen molar-refractivity contribution in [2.45, 2.75) is 180 Å². The van der Waals surface area contributed by atoms with E-state index in [9.17, 15) is 4.79 Å². The van der Waals surface area contributed by atoms with Gasteiger partial charge in [0, 0.05) is 12.5 Å². The van der Waals surface area contributed by atoms with Crippen molar-refractivity contribution >= 4 is 30.9 Å². The summed E-state index contributed by atoms with van der Waals surface area (Å²) in [6, 6.07) is 0. The molecule has 0 spiro atoms. The van der Waals surface area contributed by atoms with E-state index >= 15 is 0 Å². The van der Waals surface area contributed by atoms with Crippen molar-refractivity contribution in [3.8, 4) is 0 Å². The number of rotatable bonds is 24. The van der Waals surface area contributed by atoms with E-state index in [1.54, 1.807) is 0 Å². The Hall–Kier alpha value is 0.000649. The Morgan fingerprint density at radius 2 is 1.03 bits per heavy atom. The summed E-state index contributed by atoms with van der Waals surface area (Å²) in [5.74, 6) is -0.0908. The Morgan fingerprint density at radius 1 is 0.579 bits per heavy atom. The van der Waals surface area contributed by atoms with E-state index in [0.29, 0.717) is 6.42 Å². The second-order valence-corrected chi connectivity index (χ2v) is 27.4. The molecule has 0 aliphatic carbocycles. The summed E-state index contributed by atoms with van der Waals surface area (Å²) in [7, 11) is -3.67. The molecule has 0 aromatic carbocycles. The largest absolute Gasteiger partial charge is 0.469 e. The molecule has 3 atom stereocenters. The predicted octanol–water partition coefficient (Wildman–Crippen LogP) is 9.69. The summed E-state index contributed by atoms with van der Waals surface area (Å²) < 4.78 is 25.3. The molecule has 5 nitrogen and oxygen atoms in total. The molecule has 0 saturated carbocycles. The summed E-state index contributed by atoms with van der Waals surface area (Å²) in [6.07, 6.45) is 17.5. The molecular formula is C30H66O5Si3. The van der Waals surface area contributed by atoms with Crippen LogP contribution in [0.15, 0.2) is 0 Å². The van der Waals surface area contributed by atoms with Crippen LogP contribution in [-0.4, -0.2) is 56.3 Å². The SMILES string of the molecule is CCCCCCC(CC(O[Si](C)(C)C)C(CCCCCCCCCC(=O)OC)O[Si](C)(C)C)O[Si](C)(C)C. The van der Waals surface area contributed by atoms with Crippen LogP contribution >= 0.6 is 0 Å². The minimum absolute atomic E-state index is 0.0908. The van der Waals surface area contributed by atoms with Gasteiger partial charge in [-0.3, -0.25) is 4.79 Å². The molecule has 0 aliphatic heterocycles. The molecule has 3 unspecified atom stereocenters. The quantitative estimate of drug-likeness (QED) is 0.0636. The van der Waals surface area contributed by atoms with E-state index < -0.39 is 25.0 Å². The van der Waals surface area contributed by atoms with Crippen molar-refractivity contribution < 1.29 is 22.8 Å². The lowest BCUT2D eigenvalue weighted by Crippen LogP contribution is -2.47. The predicted molar refractivity (Wildman–Crippen MR) is 172 cm³/mol. The maximum absolute atomic E-state index is 11.3. The summed E-state index contributed by atoms with van der Waals surface area (Å²) in [4.78, 5) is 11.3. The maximum Gasteiger partial charge on any atom is 0.305 e. The fourth-order valence-electron chi connectivity index (χ4n) is 4.89. The molecule has 0 bridgehead atoms. The first kappa shape index (κ1) is 38.0. The molecule has 0 amide bonds. The molecule has 38 heavy (non-hydrogen) atoms. The van der Waals surface area contributed by atoms with Gasteiger partial charge in [-0.25, -0.2) is 0 Å². The van der Waals surface area contributed by atoms with Gasteiger partial charge in [-0.1, -0.05) is 71.1 Å². The molecule has 0 fully saturated rings. The molecule has 0 N–H and O–H groups in total. The van der Waals surface area contributed by atoms with Gasteiger partial charge < -0.3 is 18.0 Å². The first-order chi connectivity index (χ1) is 17.6. The average molecular weight is 591 g/mol. The van der Waals surface area contributed by atoms with Crippen molar-refractivity contribution in [3.05, 3.63) is 0 Å². The molecule has 0 aliphatic rings. The Morgan fingerprint density at radius 3 is 1.53 bits per heavy atom. The van der Waals surface area contributed by atoms with Gasteiger partial charge >= 0.3 is 5.97 Å². The fourth-order valence-corrected chi connectivity index (χ4v) is 8.44. The molecule has 0 aromatic heterocycles. The minimum atomic E-state index is -1.75. The lowest BCUT2D eigenvalue weighted by Gasteiger charge is -2.39. The van der Waals surface area contributed by atoms with Crippen LogP contribution < -0.4 is 0 Å². The van der Waals surface area contributed by atoms with E-state index in [4.69, 9.17) is 18.0 Å². The van der Waals surface area contributed by atoms with Crippen molar-refractivity contribution in [1.29, 1.82) is 0 Å². The van der Waals surface area contributed by atoms with E-state index in [1.165, 1.54) is 64.9 Å². The number of methoxy groups -OCH3 is 1.